The molecule has 3 atom stereocenters. The Bertz CT molecular complexity index is 995. The van der Waals surface area contributed by atoms with E-state index in [1.807, 2.05) is 6.07 Å². The van der Waals surface area contributed by atoms with Crippen molar-refractivity contribution in [1.29, 1.82) is 0 Å². The molecule has 0 radical (unpaired) electrons. The van der Waals surface area contributed by atoms with Crippen LogP contribution in [0.5, 0.6) is 5.75 Å². The second-order valence-electron chi connectivity index (χ2n) is 8.11. The van der Waals surface area contributed by atoms with Crippen LogP contribution < -0.4 is 4.74 Å². The molecule has 3 rings (SSSR count). The van der Waals surface area contributed by atoms with E-state index in [0.29, 0.717) is 29.8 Å². The molecule has 5 nitrogen and oxygen atoms in total. The number of unbranched alkanes of at least 4 members (excludes halogenated alkanes) is 1. The van der Waals surface area contributed by atoms with Crippen LogP contribution in [0.1, 0.15) is 67.9 Å². The molecule has 0 heterocycles. The van der Waals surface area contributed by atoms with Crippen LogP contribution in [0.15, 0.2) is 47.4 Å². The summed E-state index contributed by atoms with van der Waals surface area (Å²) in [5, 5.41) is 0. The second kappa shape index (κ2) is 9.31. The third kappa shape index (κ3) is 4.93. The van der Waals surface area contributed by atoms with Crippen molar-refractivity contribution in [3.8, 4) is 5.75 Å². The van der Waals surface area contributed by atoms with E-state index in [9.17, 15) is 13.2 Å². The molecule has 2 aromatic carbocycles. The van der Waals surface area contributed by atoms with Gasteiger partial charge in [0.15, 0.2) is 5.78 Å². The molecule has 1 aliphatic rings. The summed E-state index contributed by atoms with van der Waals surface area (Å²) in [4.78, 5) is 12.8. The number of hydrogen-bond acceptors (Lipinski definition) is 5. The Morgan fingerprint density at radius 3 is 2.50 bits per heavy atom. The van der Waals surface area contributed by atoms with Crippen molar-refractivity contribution in [1.82, 2.24) is 0 Å². The lowest BCUT2D eigenvalue weighted by atomic mass is 9.97. The molecule has 0 aliphatic heterocycles. The molecule has 1 aliphatic carbocycles. The summed E-state index contributed by atoms with van der Waals surface area (Å²) < 4.78 is 36.3. The maximum atomic E-state index is 12.7. The van der Waals surface area contributed by atoms with Gasteiger partial charge in [0.2, 0.25) is 0 Å². The topological polar surface area (TPSA) is 69.7 Å². The van der Waals surface area contributed by atoms with E-state index < -0.39 is 16.2 Å². The third-order valence-electron chi connectivity index (χ3n) is 5.83. The smallest absolute Gasteiger partial charge is 0.297 e. The minimum atomic E-state index is -4.04. The van der Waals surface area contributed by atoms with Crippen LogP contribution in [-0.2, 0) is 20.7 Å². The minimum Gasteiger partial charge on any atom is -0.494 e. The Hall–Kier alpha value is -2.18. The normalized spacial score (nSPS) is 19.3. The summed E-state index contributed by atoms with van der Waals surface area (Å²) in [5.41, 5.74) is 2.61. The van der Waals surface area contributed by atoms with Crippen molar-refractivity contribution in [3.05, 3.63) is 59.2 Å². The predicted octanol–water partition coefficient (Wildman–Crippen LogP) is 5.14. The van der Waals surface area contributed by atoms with Gasteiger partial charge in [0.05, 0.1) is 11.5 Å². The van der Waals surface area contributed by atoms with Gasteiger partial charge in [-0.1, -0.05) is 33.3 Å². The first-order valence-corrected chi connectivity index (χ1v) is 12.0. The van der Waals surface area contributed by atoms with E-state index in [1.54, 1.807) is 36.4 Å². The molecule has 162 valence electrons. The van der Waals surface area contributed by atoms with E-state index in [2.05, 4.69) is 20.8 Å². The first kappa shape index (κ1) is 22.5. The fourth-order valence-electron chi connectivity index (χ4n) is 3.76. The fourth-order valence-corrected chi connectivity index (χ4v) is 4.86. The first-order valence-electron chi connectivity index (χ1n) is 10.6. The van der Waals surface area contributed by atoms with Crippen molar-refractivity contribution in [2.24, 2.45) is 5.92 Å². The fraction of sp³-hybridized carbons (Fsp3) is 0.458. The summed E-state index contributed by atoms with van der Waals surface area (Å²) in [7, 11) is -4.04. The lowest BCUT2D eigenvalue weighted by Crippen LogP contribution is -2.24. The number of ketones is 1. The van der Waals surface area contributed by atoms with Gasteiger partial charge in [-0.25, -0.2) is 0 Å². The zero-order chi connectivity index (χ0) is 21.9. The van der Waals surface area contributed by atoms with Crippen LogP contribution in [0.25, 0.3) is 0 Å². The van der Waals surface area contributed by atoms with Crippen LogP contribution in [0.2, 0.25) is 0 Å². The highest BCUT2D eigenvalue weighted by Gasteiger charge is 2.29. The Morgan fingerprint density at radius 1 is 1.13 bits per heavy atom. The van der Waals surface area contributed by atoms with Gasteiger partial charge in [0.25, 0.3) is 10.1 Å². The maximum absolute atomic E-state index is 12.7. The van der Waals surface area contributed by atoms with Gasteiger partial charge in [0, 0.05) is 5.56 Å². The van der Waals surface area contributed by atoms with Gasteiger partial charge in [-0.05, 0) is 79.1 Å². The van der Waals surface area contributed by atoms with E-state index in [1.165, 1.54) is 12.5 Å². The standard InChI is InChI=1S/C24H30O5S/c1-5-6-13-28-21-9-7-19(8-10-21)24(25)18(4)29-30(26,27)22-11-12-23-17(3)16(2)14-20(23)15-22/h7-12,15-18H,5-6,13-14H2,1-4H3. The second-order valence-corrected chi connectivity index (χ2v) is 9.69. The molecule has 0 saturated heterocycles. The molecule has 0 bridgehead atoms. The van der Waals surface area contributed by atoms with E-state index in [-0.39, 0.29) is 10.7 Å². The van der Waals surface area contributed by atoms with Crippen LogP contribution in [-0.4, -0.2) is 26.9 Å². The van der Waals surface area contributed by atoms with Gasteiger partial charge < -0.3 is 4.74 Å². The number of rotatable bonds is 9. The van der Waals surface area contributed by atoms with Crippen LogP contribution in [0.4, 0.5) is 0 Å². The molecule has 30 heavy (non-hydrogen) atoms. The maximum Gasteiger partial charge on any atom is 0.297 e. The quantitative estimate of drug-likeness (QED) is 0.313. The number of carbonyl (C=O) groups excluding carboxylic acids is 1. The average molecular weight is 431 g/mol. The Balaban J connectivity index is 1.68. The van der Waals surface area contributed by atoms with Gasteiger partial charge in [0.1, 0.15) is 11.9 Å². The number of benzene rings is 2. The summed E-state index contributed by atoms with van der Waals surface area (Å²) in [6, 6.07) is 11.8. The highest BCUT2D eigenvalue weighted by molar-refractivity contribution is 7.86. The highest BCUT2D eigenvalue weighted by atomic mass is 32.2. The highest BCUT2D eigenvalue weighted by Crippen LogP contribution is 2.38. The molecule has 0 spiro atoms. The zero-order valence-electron chi connectivity index (χ0n) is 18.1. The van der Waals surface area contributed by atoms with Crippen molar-refractivity contribution in [2.75, 3.05) is 6.61 Å². The number of hydrogen-bond donors (Lipinski definition) is 0. The largest absolute Gasteiger partial charge is 0.494 e. The summed E-state index contributed by atoms with van der Waals surface area (Å²) in [5.74, 6) is 1.19. The molecule has 0 fully saturated rings. The minimum absolute atomic E-state index is 0.0990. The van der Waals surface area contributed by atoms with Crippen LogP contribution >= 0.6 is 0 Å². The third-order valence-corrected chi connectivity index (χ3v) is 7.21. The first-order chi connectivity index (χ1) is 14.2. The zero-order valence-corrected chi connectivity index (χ0v) is 18.9. The molecular weight excluding hydrogens is 400 g/mol. The molecule has 0 aromatic heterocycles. The molecule has 0 amide bonds. The number of Topliss-reactive ketones (excluding diaryl/α,β-unsaturated/α-hetero) is 1. The van der Waals surface area contributed by atoms with E-state index in [4.69, 9.17) is 8.92 Å². The average Bonchev–Trinajstić information content (AvgIpc) is 3.01. The Labute approximate surface area is 179 Å². The Morgan fingerprint density at radius 2 is 1.83 bits per heavy atom. The Kier molecular flexibility index (Phi) is 6.98. The van der Waals surface area contributed by atoms with E-state index in [0.717, 1.165) is 24.8 Å². The van der Waals surface area contributed by atoms with Gasteiger partial charge in [-0.3, -0.25) is 8.98 Å². The van der Waals surface area contributed by atoms with Gasteiger partial charge in [-0.15, -0.1) is 0 Å². The van der Waals surface area contributed by atoms with E-state index >= 15 is 0 Å². The van der Waals surface area contributed by atoms with Crippen molar-refractivity contribution < 1.29 is 22.1 Å². The molecule has 2 aromatic rings. The molecule has 6 heteroatoms. The molecule has 0 N–H and O–H groups in total. The van der Waals surface area contributed by atoms with Gasteiger partial charge in [-0.2, -0.15) is 8.42 Å². The monoisotopic (exact) mass is 430 g/mol. The molecular formula is C24H30O5S. The lowest BCUT2D eigenvalue weighted by molar-refractivity contribution is 0.0825. The summed E-state index contributed by atoms with van der Waals surface area (Å²) in [6.45, 7) is 8.49. The van der Waals surface area contributed by atoms with Crippen LogP contribution in [0.3, 0.4) is 0 Å². The van der Waals surface area contributed by atoms with Gasteiger partial charge >= 0.3 is 0 Å². The predicted molar refractivity (Wildman–Crippen MR) is 117 cm³/mol. The summed E-state index contributed by atoms with van der Waals surface area (Å²) in [6.07, 6.45) is 1.74. The van der Waals surface area contributed by atoms with Crippen molar-refractivity contribution in [2.45, 2.75) is 63.9 Å². The van der Waals surface area contributed by atoms with Crippen LogP contribution in [0, 0.1) is 5.92 Å². The molecule has 0 saturated carbocycles. The van der Waals surface area contributed by atoms with Crippen molar-refractivity contribution >= 4 is 15.9 Å². The number of fused-ring (bicyclic) bond motifs is 1. The van der Waals surface area contributed by atoms with Crippen molar-refractivity contribution in [3.63, 3.8) is 0 Å². The number of ether oxygens (including phenoxy) is 1. The molecule has 3 unspecified atom stereocenters. The summed E-state index contributed by atoms with van der Waals surface area (Å²) >= 11 is 0. The number of carbonyl (C=O) groups is 1. The lowest BCUT2D eigenvalue weighted by Gasteiger charge is -2.14. The SMILES string of the molecule is CCCCOc1ccc(C(=O)C(C)OS(=O)(=O)c2ccc3c(c2)CC(C)C3C)cc1.